The minimum absolute atomic E-state index is 0.165. The predicted octanol–water partition coefficient (Wildman–Crippen LogP) is 1.49. The molecule has 1 aromatic rings. The van der Waals surface area contributed by atoms with E-state index in [-0.39, 0.29) is 5.56 Å². The molecule has 0 amide bonds. The van der Waals surface area contributed by atoms with E-state index in [2.05, 4.69) is 10.9 Å². The number of ether oxygens (including phenoxy) is 1. The van der Waals surface area contributed by atoms with E-state index in [1.54, 1.807) is 6.92 Å². The molecule has 0 aliphatic heterocycles. The smallest absolute Gasteiger partial charge is 0.335 e. The van der Waals surface area contributed by atoms with Crippen LogP contribution in [0.15, 0.2) is 12.1 Å². The minimum Gasteiger partial charge on any atom is -0.478 e. The van der Waals surface area contributed by atoms with Gasteiger partial charge in [-0.05, 0) is 13.0 Å². The normalized spacial score (nSPS) is 9.33. The van der Waals surface area contributed by atoms with Crippen LogP contribution in [0.2, 0.25) is 0 Å². The molecule has 1 heterocycles. The van der Waals surface area contributed by atoms with Crippen molar-refractivity contribution in [3.05, 3.63) is 23.4 Å². The molecule has 0 spiro atoms. The van der Waals surface area contributed by atoms with Crippen LogP contribution in [-0.4, -0.2) is 22.7 Å². The summed E-state index contributed by atoms with van der Waals surface area (Å²) in [6.07, 6.45) is 5.53. The maximum atomic E-state index is 10.7. The Kier molecular flexibility index (Phi) is 3.69. The third-order valence-electron chi connectivity index (χ3n) is 1.67. The zero-order chi connectivity index (χ0) is 11.3. The third kappa shape index (κ3) is 3.31. The fourth-order valence-corrected chi connectivity index (χ4v) is 1.05. The van der Waals surface area contributed by atoms with Gasteiger partial charge in [-0.3, -0.25) is 0 Å². The van der Waals surface area contributed by atoms with E-state index in [0.717, 1.165) is 0 Å². The molecule has 1 N–H and O–H groups in total. The lowest BCUT2D eigenvalue weighted by molar-refractivity contribution is 0.0696. The van der Waals surface area contributed by atoms with Crippen LogP contribution in [0.5, 0.6) is 5.88 Å². The molecule has 0 saturated heterocycles. The van der Waals surface area contributed by atoms with Crippen LogP contribution in [-0.2, 0) is 0 Å². The number of carbonyl (C=O) groups is 1. The van der Waals surface area contributed by atoms with Gasteiger partial charge in [-0.25, -0.2) is 9.78 Å². The van der Waals surface area contributed by atoms with Gasteiger partial charge in [-0.1, -0.05) is 0 Å². The van der Waals surface area contributed by atoms with Crippen LogP contribution < -0.4 is 4.74 Å². The second-order valence-electron chi connectivity index (χ2n) is 2.94. The number of hydrogen-bond donors (Lipinski definition) is 1. The Bertz CT molecular complexity index is 407. The number of aryl methyl sites for hydroxylation is 1. The summed E-state index contributed by atoms with van der Waals surface area (Å²) in [6, 6.07) is 2.86. The molecule has 4 nitrogen and oxygen atoms in total. The number of rotatable bonds is 4. The summed E-state index contributed by atoms with van der Waals surface area (Å²) in [6.45, 7) is 2.05. The summed E-state index contributed by atoms with van der Waals surface area (Å²) in [5.41, 5.74) is 0.767. The fourth-order valence-electron chi connectivity index (χ4n) is 1.05. The highest BCUT2D eigenvalue weighted by Crippen LogP contribution is 2.12. The molecule has 0 unspecified atom stereocenters. The predicted molar refractivity (Wildman–Crippen MR) is 54.9 cm³/mol. The molecular formula is C11H11NO3. The first kappa shape index (κ1) is 11.1. The van der Waals surface area contributed by atoms with Crippen LogP contribution in [0.25, 0.3) is 0 Å². The Balaban J connectivity index is 2.80. The Morgan fingerprint density at radius 2 is 2.40 bits per heavy atom. The van der Waals surface area contributed by atoms with E-state index in [4.69, 9.17) is 16.3 Å². The number of nitrogens with zero attached hydrogens (tertiary/aromatic N) is 1. The van der Waals surface area contributed by atoms with E-state index >= 15 is 0 Å². The van der Waals surface area contributed by atoms with Crippen molar-refractivity contribution in [2.75, 3.05) is 6.61 Å². The van der Waals surface area contributed by atoms with Crippen LogP contribution in [0.1, 0.15) is 22.5 Å². The molecule has 4 heteroatoms. The third-order valence-corrected chi connectivity index (χ3v) is 1.67. The molecule has 0 fully saturated rings. The van der Waals surface area contributed by atoms with E-state index < -0.39 is 5.97 Å². The Morgan fingerprint density at radius 1 is 1.67 bits per heavy atom. The molecule has 0 atom stereocenters. The number of pyridine rings is 1. The van der Waals surface area contributed by atoms with Gasteiger partial charge in [-0.2, -0.15) is 0 Å². The summed E-state index contributed by atoms with van der Waals surface area (Å²) in [5, 5.41) is 8.79. The molecule has 0 aromatic carbocycles. The lowest BCUT2D eigenvalue weighted by Crippen LogP contribution is -2.03. The molecule has 0 radical (unpaired) electrons. The first-order valence-corrected chi connectivity index (χ1v) is 4.41. The van der Waals surface area contributed by atoms with E-state index in [1.165, 1.54) is 12.1 Å². The van der Waals surface area contributed by atoms with Crippen LogP contribution in [0.3, 0.4) is 0 Å². The monoisotopic (exact) mass is 205 g/mol. The van der Waals surface area contributed by atoms with E-state index in [0.29, 0.717) is 24.6 Å². The first-order chi connectivity index (χ1) is 7.13. The maximum Gasteiger partial charge on any atom is 0.335 e. The highest BCUT2D eigenvalue weighted by Gasteiger charge is 2.06. The van der Waals surface area contributed by atoms with Crippen molar-refractivity contribution < 1.29 is 14.6 Å². The van der Waals surface area contributed by atoms with Crippen molar-refractivity contribution in [1.29, 1.82) is 0 Å². The van der Waals surface area contributed by atoms with Gasteiger partial charge in [0, 0.05) is 18.2 Å². The van der Waals surface area contributed by atoms with Crippen molar-refractivity contribution in [1.82, 2.24) is 4.98 Å². The zero-order valence-electron chi connectivity index (χ0n) is 8.36. The largest absolute Gasteiger partial charge is 0.478 e. The minimum atomic E-state index is -0.998. The summed E-state index contributed by atoms with van der Waals surface area (Å²) >= 11 is 0. The van der Waals surface area contributed by atoms with Gasteiger partial charge in [0.25, 0.3) is 0 Å². The van der Waals surface area contributed by atoms with Crippen molar-refractivity contribution >= 4 is 5.97 Å². The Labute approximate surface area is 87.9 Å². The molecule has 15 heavy (non-hydrogen) atoms. The maximum absolute atomic E-state index is 10.7. The van der Waals surface area contributed by atoms with Crippen molar-refractivity contribution in [3.63, 3.8) is 0 Å². The SMILES string of the molecule is C#CCCOc1cc(C(=O)O)cc(C)n1. The standard InChI is InChI=1S/C11H11NO3/c1-3-4-5-15-10-7-9(11(13)14)6-8(2)12-10/h1,6-7H,4-5H2,2H3,(H,13,14). The highest BCUT2D eigenvalue weighted by atomic mass is 16.5. The average molecular weight is 205 g/mol. The Morgan fingerprint density at radius 3 is 3.00 bits per heavy atom. The molecule has 78 valence electrons. The van der Waals surface area contributed by atoms with Gasteiger partial charge < -0.3 is 9.84 Å². The van der Waals surface area contributed by atoms with Crippen molar-refractivity contribution in [2.24, 2.45) is 0 Å². The summed E-state index contributed by atoms with van der Waals surface area (Å²) in [5.74, 6) is 1.72. The molecule has 1 aromatic heterocycles. The van der Waals surface area contributed by atoms with Crippen LogP contribution >= 0.6 is 0 Å². The number of aromatic nitrogens is 1. The summed E-state index contributed by atoms with van der Waals surface area (Å²) < 4.78 is 5.20. The van der Waals surface area contributed by atoms with Gasteiger partial charge >= 0.3 is 5.97 Å². The molecule has 0 aliphatic carbocycles. The first-order valence-electron chi connectivity index (χ1n) is 4.41. The van der Waals surface area contributed by atoms with Gasteiger partial charge in [0.05, 0.1) is 5.56 Å². The van der Waals surface area contributed by atoms with Crippen LogP contribution in [0.4, 0.5) is 0 Å². The summed E-state index contributed by atoms with van der Waals surface area (Å²) in [4.78, 5) is 14.8. The van der Waals surface area contributed by atoms with E-state index in [1.807, 2.05) is 0 Å². The van der Waals surface area contributed by atoms with Gasteiger partial charge in [0.1, 0.15) is 6.61 Å². The van der Waals surface area contributed by atoms with Crippen LogP contribution in [0, 0.1) is 19.3 Å². The highest BCUT2D eigenvalue weighted by molar-refractivity contribution is 5.87. The quantitative estimate of drug-likeness (QED) is 0.597. The molecule has 1 rings (SSSR count). The topological polar surface area (TPSA) is 59.4 Å². The average Bonchev–Trinajstić information content (AvgIpc) is 2.17. The molecule has 0 saturated carbocycles. The second kappa shape index (κ2) is 5.01. The molecular weight excluding hydrogens is 194 g/mol. The number of terminal acetylenes is 1. The van der Waals surface area contributed by atoms with Crippen molar-refractivity contribution in [2.45, 2.75) is 13.3 Å². The zero-order valence-corrected chi connectivity index (χ0v) is 8.36. The Hall–Kier alpha value is -2.02. The van der Waals surface area contributed by atoms with Crippen molar-refractivity contribution in [3.8, 4) is 18.2 Å². The fraction of sp³-hybridized carbons (Fsp3) is 0.273. The molecule has 0 aliphatic rings. The lowest BCUT2D eigenvalue weighted by atomic mass is 10.2. The summed E-state index contributed by atoms with van der Waals surface area (Å²) in [7, 11) is 0. The van der Waals surface area contributed by atoms with Gasteiger partial charge in [-0.15, -0.1) is 12.3 Å². The number of aromatic carboxylic acids is 1. The number of hydrogen-bond acceptors (Lipinski definition) is 3. The van der Waals surface area contributed by atoms with Gasteiger partial charge in [0.2, 0.25) is 5.88 Å². The van der Waals surface area contributed by atoms with E-state index in [9.17, 15) is 4.79 Å². The molecule has 0 bridgehead atoms. The lowest BCUT2D eigenvalue weighted by Gasteiger charge is -2.05. The number of carboxylic acids is 1. The van der Waals surface area contributed by atoms with Gasteiger partial charge in [0.15, 0.2) is 0 Å². The second-order valence-corrected chi connectivity index (χ2v) is 2.94. The number of carboxylic acid groups (broad SMARTS) is 1.